The minimum atomic E-state index is 0.171. The second-order valence-corrected chi connectivity index (χ2v) is 5.51. The molecule has 4 heteroatoms. The van der Waals surface area contributed by atoms with Gasteiger partial charge in [0.15, 0.2) is 0 Å². The van der Waals surface area contributed by atoms with Gasteiger partial charge in [0, 0.05) is 38.1 Å². The Balaban J connectivity index is 4.75. The summed E-state index contributed by atoms with van der Waals surface area (Å²) in [6.45, 7) is 13.9. The zero-order chi connectivity index (χ0) is 15.5. The van der Waals surface area contributed by atoms with Gasteiger partial charge in [-0.15, -0.1) is 0 Å². The number of amides is 1. The lowest BCUT2D eigenvalue weighted by Gasteiger charge is -2.36. The molecule has 0 aliphatic heterocycles. The second-order valence-electron chi connectivity index (χ2n) is 5.51. The Hall–Kier alpha value is -0.610. The van der Waals surface area contributed by atoms with Gasteiger partial charge in [0.05, 0.1) is 0 Å². The van der Waals surface area contributed by atoms with Crippen LogP contribution in [0.15, 0.2) is 0 Å². The summed E-state index contributed by atoms with van der Waals surface area (Å²) in [4.78, 5) is 16.6. The van der Waals surface area contributed by atoms with Gasteiger partial charge in [-0.1, -0.05) is 20.3 Å². The van der Waals surface area contributed by atoms with Gasteiger partial charge in [-0.2, -0.15) is 0 Å². The summed E-state index contributed by atoms with van der Waals surface area (Å²) in [5.41, 5.74) is 5.96. The van der Waals surface area contributed by atoms with E-state index in [1.807, 2.05) is 18.7 Å². The van der Waals surface area contributed by atoms with Crippen molar-refractivity contribution in [3.63, 3.8) is 0 Å². The average molecular weight is 285 g/mol. The highest BCUT2D eigenvalue weighted by molar-refractivity contribution is 5.76. The molecule has 1 amide bonds. The molecule has 0 aliphatic rings. The van der Waals surface area contributed by atoms with Crippen LogP contribution in [-0.2, 0) is 4.79 Å². The third-order valence-corrected chi connectivity index (χ3v) is 4.19. The Morgan fingerprint density at radius 2 is 1.75 bits per heavy atom. The van der Waals surface area contributed by atoms with Crippen molar-refractivity contribution in [2.24, 2.45) is 5.73 Å². The maximum absolute atomic E-state index is 12.3. The molecule has 0 aromatic carbocycles. The lowest BCUT2D eigenvalue weighted by Crippen LogP contribution is -2.48. The van der Waals surface area contributed by atoms with E-state index >= 15 is 0 Å². The zero-order valence-corrected chi connectivity index (χ0v) is 14.2. The minimum Gasteiger partial charge on any atom is -0.343 e. The Morgan fingerprint density at radius 1 is 1.15 bits per heavy atom. The summed E-state index contributed by atoms with van der Waals surface area (Å²) in [5.74, 6) is 0.232. The molecule has 0 aromatic heterocycles. The van der Waals surface area contributed by atoms with Crippen LogP contribution in [-0.4, -0.2) is 54.0 Å². The predicted molar refractivity (Wildman–Crippen MR) is 86.8 cm³/mol. The van der Waals surface area contributed by atoms with Crippen molar-refractivity contribution in [2.45, 2.75) is 72.4 Å². The van der Waals surface area contributed by atoms with E-state index in [-0.39, 0.29) is 11.9 Å². The van der Waals surface area contributed by atoms with Crippen LogP contribution in [0.3, 0.4) is 0 Å². The normalized spacial score (nSPS) is 14.3. The van der Waals surface area contributed by atoms with E-state index < -0.39 is 0 Å². The number of rotatable bonds is 11. The molecule has 4 nitrogen and oxygen atoms in total. The van der Waals surface area contributed by atoms with Gasteiger partial charge in [0.25, 0.3) is 0 Å². The smallest absolute Gasteiger partial charge is 0.224 e. The maximum atomic E-state index is 12.3. The van der Waals surface area contributed by atoms with Gasteiger partial charge in [0.1, 0.15) is 0 Å². The predicted octanol–water partition coefficient (Wildman–Crippen LogP) is 2.47. The van der Waals surface area contributed by atoms with Crippen molar-refractivity contribution in [3.05, 3.63) is 0 Å². The van der Waals surface area contributed by atoms with Crippen LogP contribution < -0.4 is 5.73 Å². The quantitative estimate of drug-likeness (QED) is 0.634. The van der Waals surface area contributed by atoms with Gasteiger partial charge in [-0.25, -0.2) is 0 Å². The highest BCUT2D eigenvalue weighted by Crippen LogP contribution is 2.14. The monoisotopic (exact) mass is 285 g/mol. The number of hydrogen-bond acceptors (Lipinski definition) is 3. The van der Waals surface area contributed by atoms with E-state index in [1.54, 1.807) is 0 Å². The fourth-order valence-corrected chi connectivity index (χ4v) is 2.58. The van der Waals surface area contributed by atoms with Crippen molar-refractivity contribution < 1.29 is 4.79 Å². The Kier molecular flexibility index (Phi) is 10.8. The van der Waals surface area contributed by atoms with Gasteiger partial charge < -0.3 is 10.6 Å². The lowest BCUT2D eigenvalue weighted by atomic mass is 10.1. The highest BCUT2D eigenvalue weighted by atomic mass is 16.2. The van der Waals surface area contributed by atoms with E-state index in [4.69, 9.17) is 5.73 Å². The fraction of sp³-hybridized carbons (Fsp3) is 0.938. The molecule has 2 atom stereocenters. The van der Waals surface area contributed by atoms with Crippen molar-refractivity contribution in [3.8, 4) is 0 Å². The number of hydrogen-bond donors (Lipinski definition) is 1. The molecule has 20 heavy (non-hydrogen) atoms. The molecule has 0 saturated heterocycles. The molecule has 0 bridgehead atoms. The van der Waals surface area contributed by atoms with Gasteiger partial charge in [0.2, 0.25) is 5.91 Å². The summed E-state index contributed by atoms with van der Waals surface area (Å²) in [6.07, 6.45) is 3.99. The van der Waals surface area contributed by atoms with Gasteiger partial charge in [-0.05, 0) is 40.2 Å². The standard InChI is InChI=1S/C16H35N3O/c1-6-10-11-19(14(5)7-2)15(13-17)12-16(20)18(8-3)9-4/h14-15H,6-13,17H2,1-5H3. The van der Waals surface area contributed by atoms with E-state index in [0.717, 1.165) is 26.1 Å². The van der Waals surface area contributed by atoms with E-state index in [1.165, 1.54) is 12.8 Å². The molecule has 0 fully saturated rings. The molecule has 120 valence electrons. The molecule has 2 unspecified atom stereocenters. The number of nitrogens with zero attached hydrogens (tertiary/aromatic N) is 2. The number of unbranched alkanes of at least 4 members (excludes halogenated alkanes) is 1. The molecule has 0 saturated carbocycles. The topological polar surface area (TPSA) is 49.6 Å². The van der Waals surface area contributed by atoms with Crippen LogP contribution in [0.2, 0.25) is 0 Å². The molecule has 0 rings (SSSR count). The van der Waals surface area contributed by atoms with Crippen LogP contribution >= 0.6 is 0 Å². The first-order valence-electron chi connectivity index (χ1n) is 8.29. The zero-order valence-electron chi connectivity index (χ0n) is 14.2. The Morgan fingerprint density at radius 3 is 2.15 bits per heavy atom. The van der Waals surface area contributed by atoms with Gasteiger partial charge >= 0.3 is 0 Å². The summed E-state index contributed by atoms with van der Waals surface area (Å²) in [7, 11) is 0. The van der Waals surface area contributed by atoms with Crippen molar-refractivity contribution in [1.29, 1.82) is 0 Å². The lowest BCUT2D eigenvalue weighted by molar-refractivity contribution is -0.132. The van der Waals surface area contributed by atoms with E-state index in [0.29, 0.717) is 19.0 Å². The third-order valence-electron chi connectivity index (χ3n) is 4.19. The summed E-state index contributed by atoms with van der Waals surface area (Å²) in [5, 5.41) is 0. The Bertz CT molecular complexity index is 254. The Labute approximate surface area is 125 Å². The summed E-state index contributed by atoms with van der Waals surface area (Å²) < 4.78 is 0. The van der Waals surface area contributed by atoms with Crippen LogP contribution in [0.5, 0.6) is 0 Å². The van der Waals surface area contributed by atoms with Crippen molar-refractivity contribution >= 4 is 5.91 Å². The van der Waals surface area contributed by atoms with Crippen LogP contribution in [0.1, 0.15) is 60.3 Å². The molecule has 2 N–H and O–H groups in total. The minimum absolute atomic E-state index is 0.171. The molecule has 0 spiro atoms. The molecular formula is C16H35N3O. The molecular weight excluding hydrogens is 250 g/mol. The molecule has 0 radical (unpaired) electrons. The highest BCUT2D eigenvalue weighted by Gasteiger charge is 2.24. The summed E-state index contributed by atoms with van der Waals surface area (Å²) >= 11 is 0. The average Bonchev–Trinajstić information content (AvgIpc) is 2.46. The number of carbonyl (C=O) groups excluding carboxylic acids is 1. The van der Waals surface area contributed by atoms with Gasteiger partial charge in [-0.3, -0.25) is 9.69 Å². The van der Waals surface area contributed by atoms with Crippen LogP contribution in [0.25, 0.3) is 0 Å². The largest absolute Gasteiger partial charge is 0.343 e. The van der Waals surface area contributed by atoms with Crippen LogP contribution in [0.4, 0.5) is 0 Å². The maximum Gasteiger partial charge on any atom is 0.224 e. The van der Waals surface area contributed by atoms with Crippen molar-refractivity contribution in [1.82, 2.24) is 9.80 Å². The first-order chi connectivity index (χ1) is 9.55. The number of carbonyl (C=O) groups is 1. The first-order valence-corrected chi connectivity index (χ1v) is 8.29. The molecule has 0 aliphatic carbocycles. The first kappa shape index (κ1) is 19.4. The fourth-order valence-electron chi connectivity index (χ4n) is 2.58. The van der Waals surface area contributed by atoms with E-state index in [9.17, 15) is 4.79 Å². The molecule has 0 aromatic rings. The van der Waals surface area contributed by atoms with Crippen molar-refractivity contribution in [2.75, 3.05) is 26.2 Å². The second kappa shape index (κ2) is 11.1. The van der Waals surface area contributed by atoms with E-state index in [2.05, 4.69) is 25.7 Å². The number of nitrogens with two attached hydrogens (primary N) is 1. The summed E-state index contributed by atoms with van der Waals surface area (Å²) in [6, 6.07) is 0.657. The van der Waals surface area contributed by atoms with Crippen LogP contribution in [0, 0.1) is 0 Å². The SMILES string of the molecule is CCCCN(C(C)CC)C(CN)CC(=O)N(CC)CC. The third kappa shape index (κ3) is 6.23. The molecule has 0 heterocycles.